The number of nitrogen functional groups attached to an aromatic ring is 1. The van der Waals surface area contributed by atoms with Crippen molar-refractivity contribution in [2.45, 2.75) is 0 Å². The number of hydrogen-bond acceptors (Lipinski definition) is 3. The average molecular weight is 259 g/mol. The molecule has 0 fully saturated rings. The first kappa shape index (κ1) is 11.1. The van der Waals surface area contributed by atoms with Crippen LogP contribution < -0.4 is 10.5 Å². The predicted molar refractivity (Wildman–Crippen MR) is 75.2 cm³/mol. The van der Waals surface area contributed by atoms with Crippen molar-refractivity contribution in [1.82, 2.24) is 4.98 Å². The first-order valence-electron chi connectivity index (χ1n) is 5.52. The van der Waals surface area contributed by atoms with Gasteiger partial charge in [-0.25, -0.2) is 4.98 Å². The van der Waals surface area contributed by atoms with Gasteiger partial charge in [0.2, 0.25) is 0 Å². The van der Waals surface area contributed by atoms with Crippen LogP contribution in [0.25, 0.3) is 21.8 Å². The lowest BCUT2D eigenvalue weighted by atomic mass is 10.1. The van der Waals surface area contributed by atoms with Crippen LogP contribution in [0, 0.1) is 0 Å². The third-order valence-corrected chi connectivity index (χ3v) is 3.22. The summed E-state index contributed by atoms with van der Waals surface area (Å²) in [6, 6.07) is 11.2. The summed E-state index contributed by atoms with van der Waals surface area (Å²) in [5.41, 5.74) is 8.49. The number of halogens is 1. The molecule has 0 bridgehead atoms. The van der Waals surface area contributed by atoms with E-state index in [1.54, 1.807) is 7.11 Å². The number of nitrogens with two attached hydrogens (primary N) is 1. The van der Waals surface area contributed by atoms with Gasteiger partial charge in [-0.1, -0.05) is 17.7 Å². The van der Waals surface area contributed by atoms with Crippen molar-refractivity contribution in [3.8, 4) is 5.75 Å². The lowest BCUT2D eigenvalue weighted by Crippen LogP contribution is -1.95. The van der Waals surface area contributed by atoms with Gasteiger partial charge in [0, 0.05) is 10.4 Å². The highest BCUT2D eigenvalue weighted by Crippen LogP contribution is 2.35. The van der Waals surface area contributed by atoms with E-state index in [1.165, 1.54) is 0 Å². The Kier molecular flexibility index (Phi) is 2.49. The zero-order chi connectivity index (χ0) is 12.7. The molecule has 2 aromatic carbocycles. The average Bonchev–Trinajstić information content (AvgIpc) is 2.37. The molecule has 0 unspecified atom stereocenters. The van der Waals surface area contributed by atoms with E-state index in [0.29, 0.717) is 10.7 Å². The van der Waals surface area contributed by atoms with E-state index in [4.69, 9.17) is 22.1 Å². The number of benzene rings is 2. The van der Waals surface area contributed by atoms with Crippen LogP contribution in [0.4, 0.5) is 5.69 Å². The highest BCUT2D eigenvalue weighted by Gasteiger charge is 2.10. The Morgan fingerprint density at radius 3 is 2.78 bits per heavy atom. The van der Waals surface area contributed by atoms with Crippen LogP contribution in [0.1, 0.15) is 0 Å². The summed E-state index contributed by atoms with van der Waals surface area (Å²) >= 11 is 5.98. The second-order valence-corrected chi connectivity index (χ2v) is 4.48. The van der Waals surface area contributed by atoms with Crippen LogP contribution in [0.3, 0.4) is 0 Å². The number of aromatic nitrogens is 1. The quantitative estimate of drug-likeness (QED) is 0.678. The van der Waals surface area contributed by atoms with E-state index in [1.807, 2.05) is 36.4 Å². The summed E-state index contributed by atoms with van der Waals surface area (Å²) in [7, 11) is 1.63. The number of hydrogen-bond donors (Lipinski definition) is 1. The minimum atomic E-state index is 0.650. The van der Waals surface area contributed by atoms with Gasteiger partial charge in [0.15, 0.2) is 0 Å². The van der Waals surface area contributed by atoms with Crippen molar-refractivity contribution in [1.29, 1.82) is 0 Å². The van der Waals surface area contributed by atoms with Crippen molar-refractivity contribution in [2.75, 3.05) is 12.8 Å². The number of anilines is 1. The molecule has 0 aliphatic heterocycles. The highest BCUT2D eigenvalue weighted by atomic mass is 35.5. The minimum Gasteiger partial charge on any atom is -0.496 e. The van der Waals surface area contributed by atoms with Crippen LogP contribution >= 0.6 is 11.6 Å². The Labute approximate surface area is 109 Å². The van der Waals surface area contributed by atoms with Crippen LogP contribution in [0.15, 0.2) is 36.4 Å². The largest absolute Gasteiger partial charge is 0.496 e. The second-order valence-electron chi connectivity index (χ2n) is 4.04. The molecule has 3 nitrogen and oxygen atoms in total. The van der Waals surface area contributed by atoms with Gasteiger partial charge in [-0.3, -0.25) is 0 Å². The number of rotatable bonds is 1. The number of ether oxygens (including phenoxy) is 1. The first-order valence-corrected chi connectivity index (χ1v) is 5.90. The second kappa shape index (κ2) is 4.03. The number of fused-ring (bicyclic) bond motifs is 2. The van der Waals surface area contributed by atoms with E-state index in [9.17, 15) is 0 Å². The molecule has 0 aliphatic carbocycles. The molecule has 0 spiro atoms. The molecule has 1 aromatic heterocycles. The molecule has 0 atom stereocenters. The monoisotopic (exact) mass is 258 g/mol. The zero-order valence-corrected chi connectivity index (χ0v) is 10.5. The molecule has 0 amide bonds. The lowest BCUT2D eigenvalue weighted by Gasteiger charge is -2.10. The van der Waals surface area contributed by atoms with Crippen LogP contribution in [-0.4, -0.2) is 12.1 Å². The zero-order valence-electron chi connectivity index (χ0n) is 9.77. The molecule has 4 heteroatoms. The number of pyridine rings is 1. The Morgan fingerprint density at radius 1 is 1.17 bits per heavy atom. The molecule has 18 heavy (non-hydrogen) atoms. The van der Waals surface area contributed by atoms with Gasteiger partial charge in [0.05, 0.1) is 29.2 Å². The molecular weight excluding hydrogens is 248 g/mol. The summed E-state index contributed by atoms with van der Waals surface area (Å²) in [5, 5.41) is 2.38. The summed E-state index contributed by atoms with van der Waals surface area (Å²) in [6.07, 6.45) is 0. The van der Waals surface area contributed by atoms with Crippen molar-refractivity contribution < 1.29 is 4.74 Å². The van der Waals surface area contributed by atoms with E-state index < -0.39 is 0 Å². The molecule has 1 heterocycles. The van der Waals surface area contributed by atoms with Gasteiger partial charge in [0.1, 0.15) is 5.75 Å². The predicted octanol–water partition coefficient (Wildman–Crippen LogP) is 3.63. The van der Waals surface area contributed by atoms with Gasteiger partial charge in [0.25, 0.3) is 0 Å². The Balaban J connectivity index is 2.52. The van der Waals surface area contributed by atoms with E-state index >= 15 is 0 Å². The number of nitrogens with zero attached hydrogens (tertiary/aromatic N) is 1. The summed E-state index contributed by atoms with van der Waals surface area (Å²) in [5.74, 6) is 0.731. The van der Waals surface area contributed by atoms with Crippen LogP contribution in [0.2, 0.25) is 5.02 Å². The summed E-state index contributed by atoms with van der Waals surface area (Å²) in [4.78, 5) is 4.56. The normalized spacial score (nSPS) is 11.0. The van der Waals surface area contributed by atoms with Crippen molar-refractivity contribution in [3.63, 3.8) is 0 Å². The maximum Gasteiger partial charge on any atom is 0.130 e. The summed E-state index contributed by atoms with van der Waals surface area (Å²) in [6.45, 7) is 0. The molecule has 0 aliphatic rings. The molecule has 0 saturated carbocycles. The highest BCUT2D eigenvalue weighted by molar-refractivity contribution is 6.31. The SMILES string of the molecule is COc1cccc2nc3cc(Cl)ccc3c(N)c12. The first-order chi connectivity index (χ1) is 8.70. The van der Waals surface area contributed by atoms with Gasteiger partial charge in [-0.2, -0.15) is 0 Å². The summed E-state index contributed by atoms with van der Waals surface area (Å²) < 4.78 is 5.33. The third-order valence-electron chi connectivity index (χ3n) is 2.98. The van der Waals surface area contributed by atoms with E-state index in [0.717, 1.165) is 27.6 Å². The van der Waals surface area contributed by atoms with Crippen molar-refractivity contribution in [2.24, 2.45) is 0 Å². The maximum atomic E-state index is 6.22. The Bertz CT molecular complexity index is 755. The topological polar surface area (TPSA) is 48.1 Å². The molecule has 3 aromatic rings. The molecule has 90 valence electrons. The van der Waals surface area contributed by atoms with Gasteiger partial charge in [-0.05, 0) is 30.3 Å². The smallest absolute Gasteiger partial charge is 0.130 e. The Morgan fingerprint density at radius 2 is 2.00 bits per heavy atom. The fraction of sp³-hybridized carbons (Fsp3) is 0.0714. The molecular formula is C14H11ClN2O. The molecule has 2 N–H and O–H groups in total. The van der Waals surface area contributed by atoms with E-state index in [2.05, 4.69) is 4.98 Å². The Hall–Kier alpha value is -2.00. The molecule has 0 radical (unpaired) electrons. The molecule has 3 rings (SSSR count). The standard InChI is InChI=1S/C14H11ClN2O/c1-18-12-4-2-3-10-13(12)14(16)9-6-5-8(15)7-11(9)17-10/h2-7H,1H3,(H2,16,17). The van der Waals surface area contributed by atoms with Gasteiger partial charge < -0.3 is 10.5 Å². The maximum absolute atomic E-state index is 6.22. The fourth-order valence-corrected chi connectivity index (χ4v) is 2.31. The van der Waals surface area contributed by atoms with E-state index in [-0.39, 0.29) is 0 Å². The lowest BCUT2D eigenvalue weighted by molar-refractivity contribution is 0.420. The third kappa shape index (κ3) is 1.56. The van der Waals surface area contributed by atoms with Gasteiger partial charge >= 0.3 is 0 Å². The van der Waals surface area contributed by atoms with Gasteiger partial charge in [-0.15, -0.1) is 0 Å². The fourth-order valence-electron chi connectivity index (χ4n) is 2.14. The molecule has 0 saturated heterocycles. The van der Waals surface area contributed by atoms with Crippen molar-refractivity contribution in [3.05, 3.63) is 41.4 Å². The van der Waals surface area contributed by atoms with Crippen molar-refractivity contribution >= 4 is 39.1 Å². The van der Waals surface area contributed by atoms with Crippen LogP contribution in [0.5, 0.6) is 5.75 Å². The number of methoxy groups -OCH3 is 1. The minimum absolute atomic E-state index is 0.650. The van der Waals surface area contributed by atoms with Crippen LogP contribution in [-0.2, 0) is 0 Å².